The molecule has 0 saturated carbocycles. The second-order valence-electron chi connectivity index (χ2n) is 10.7. The van der Waals surface area contributed by atoms with Crippen LogP contribution in [0.25, 0.3) is 0 Å². The molecular weight excluding hydrogens is 581 g/mol. The minimum atomic E-state index is -4.74. The Kier molecular flexibility index (Phi) is 8.29. The largest absolute Gasteiger partial charge is 0.573 e. The molecular formula is C31H29F3N4O6. The summed E-state index contributed by atoms with van der Waals surface area (Å²) in [5, 5.41) is 11.0. The maximum absolute atomic E-state index is 12.4. The zero-order chi connectivity index (χ0) is 30.7. The zero-order valence-electron chi connectivity index (χ0n) is 23.5. The maximum Gasteiger partial charge on any atom is 0.573 e. The molecule has 1 atom stereocenters. The summed E-state index contributed by atoms with van der Waals surface area (Å²) in [7, 11) is 0. The van der Waals surface area contributed by atoms with Crippen LogP contribution in [-0.2, 0) is 26.1 Å². The van der Waals surface area contributed by atoms with Gasteiger partial charge in [0.2, 0.25) is 0 Å². The third-order valence-electron chi connectivity index (χ3n) is 7.43. The summed E-state index contributed by atoms with van der Waals surface area (Å²) in [6.45, 7) is 3.40. The van der Waals surface area contributed by atoms with Gasteiger partial charge in [0.1, 0.15) is 41.9 Å². The van der Waals surface area contributed by atoms with Crippen molar-refractivity contribution in [2.45, 2.75) is 51.4 Å². The van der Waals surface area contributed by atoms with Gasteiger partial charge in [-0.2, -0.15) is 0 Å². The third-order valence-corrected chi connectivity index (χ3v) is 7.43. The lowest BCUT2D eigenvalue weighted by molar-refractivity contribution is -0.389. The average molecular weight is 611 g/mol. The first-order valence-corrected chi connectivity index (χ1v) is 14.1. The van der Waals surface area contributed by atoms with Gasteiger partial charge in [0, 0.05) is 31.0 Å². The summed E-state index contributed by atoms with van der Waals surface area (Å²) in [6, 6.07) is 19.3. The Morgan fingerprint density at radius 2 is 1.66 bits per heavy atom. The smallest absolute Gasteiger partial charge is 0.490 e. The molecule has 1 aromatic heterocycles. The van der Waals surface area contributed by atoms with Crippen LogP contribution >= 0.6 is 0 Å². The van der Waals surface area contributed by atoms with E-state index in [1.165, 1.54) is 41.6 Å². The Labute approximate surface area is 250 Å². The van der Waals surface area contributed by atoms with Crippen LogP contribution in [0.4, 0.5) is 19.0 Å². The van der Waals surface area contributed by atoms with Gasteiger partial charge in [0.25, 0.3) is 0 Å². The Bertz CT molecular complexity index is 1610. The molecule has 0 amide bonds. The standard InChI is InChI=1S/C31H29F3N4O6/c32-31(33,34)44-26-11-9-25(10-12-26)42-24-6-3-21(4-7-24)17-36-14-1-2-22-16-27(8-5-23(22)18-36)41-20-28-13-15-37-19-29(38(39)40)35-30(37)43-28/h3-12,16,19,28H,1-2,13-15,17-18,20H2/t28-/m0/s1. The second-order valence-corrected chi connectivity index (χ2v) is 10.7. The SMILES string of the molecule is O=[N+]([O-])c1cn2c(n1)O[C@H](COc1ccc3c(c1)CCCN(Cc1ccc(Oc4ccc(OC(F)(F)F)cc4)cc1)C3)CC2. The molecule has 0 spiro atoms. The molecule has 13 heteroatoms. The predicted octanol–water partition coefficient (Wildman–Crippen LogP) is 6.66. The second kappa shape index (κ2) is 12.4. The number of imidazole rings is 1. The van der Waals surface area contributed by atoms with Gasteiger partial charge in [-0.25, -0.2) is 0 Å². The van der Waals surface area contributed by atoms with Crippen LogP contribution in [0.15, 0.2) is 72.9 Å². The molecule has 4 aromatic rings. The maximum atomic E-state index is 12.4. The Hall–Kier alpha value is -4.78. The van der Waals surface area contributed by atoms with Gasteiger partial charge in [-0.15, -0.1) is 13.2 Å². The molecule has 0 saturated heterocycles. The number of benzene rings is 3. The van der Waals surface area contributed by atoms with E-state index in [0.717, 1.165) is 43.8 Å². The van der Waals surface area contributed by atoms with Crippen LogP contribution in [0, 0.1) is 10.1 Å². The number of alkyl halides is 3. The molecule has 3 aromatic carbocycles. The highest BCUT2D eigenvalue weighted by atomic mass is 19.4. The fourth-order valence-electron chi connectivity index (χ4n) is 5.32. The lowest BCUT2D eigenvalue weighted by Crippen LogP contribution is -2.31. The van der Waals surface area contributed by atoms with Crippen molar-refractivity contribution in [1.29, 1.82) is 0 Å². The van der Waals surface area contributed by atoms with Crippen molar-refractivity contribution in [3.05, 3.63) is 99.7 Å². The number of nitro groups is 1. The third kappa shape index (κ3) is 7.40. The van der Waals surface area contributed by atoms with Crippen molar-refractivity contribution < 1.29 is 37.0 Å². The molecule has 2 aliphatic heterocycles. The van der Waals surface area contributed by atoms with E-state index in [1.807, 2.05) is 30.3 Å². The van der Waals surface area contributed by atoms with Gasteiger partial charge in [-0.1, -0.05) is 18.2 Å². The molecule has 0 bridgehead atoms. The molecule has 3 heterocycles. The van der Waals surface area contributed by atoms with Crippen LogP contribution in [0.3, 0.4) is 0 Å². The molecule has 6 rings (SSSR count). The van der Waals surface area contributed by atoms with Gasteiger partial charge in [0.15, 0.2) is 0 Å². The molecule has 10 nitrogen and oxygen atoms in total. The number of fused-ring (bicyclic) bond motifs is 2. The van der Waals surface area contributed by atoms with Gasteiger partial charge >= 0.3 is 18.2 Å². The van der Waals surface area contributed by atoms with E-state index >= 15 is 0 Å². The molecule has 0 fully saturated rings. The number of rotatable bonds is 9. The first kappa shape index (κ1) is 29.3. The van der Waals surface area contributed by atoms with Crippen molar-refractivity contribution in [2.24, 2.45) is 0 Å². The molecule has 230 valence electrons. The van der Waals surface area contributed by atoms with E-state index in [9.17, 15) is 23.3 Å². The normalized spacial score (nSPS) is 16.7. The van der Waals surface area contributed by atoms with E-state index in [2.05, 4.69) is 26.8 Å². The summed E-state index contributed by atoms with van der Waals surface area (Å²) >= 11 is 0. The fourth-order valence-corrected chi connectivity index (χ4v) is 5.32. The van der Waals surface area contributed by atoms with E-state index in [1.54, 1.807) is 4.57 Å². The molecule has 44 heavy (non-hydrogen) atoms. The fraction of sp³-hybridized carbons (Fsp3) is 0.323. The van der Waals surface area contributed by atoms with E-state index in [0.29, 0.717) is 31.1 Å². The summed E-state index contributed by atoms with van der Waals surface area (Å²) in [4.78, 5) is 16.8. The van der Waals surface area contributed by atoms with Crippen LogP contribution in [0.5, 0.6) is 29.0 Å². The van der Waals surface area contributed by atoms with Crippen molar-refractivity contribution in [3.8, 4) is 29.0 Å². The summed E-state index contributed by atoms with van der Waals surface area (Å²) < 4.78 is 60.3. The Balaban J connectivity index is 1.00. The lowest BCUT2D eigenvalue weighted by Gasteiger charge is -2.23. The number of hydrogen-bond donors (Lipinski definition) is 0. The first-order valence-electron chi connectivity index (χ1n) is 14.1. The van der Waals surface area contributed by atoms with E-state index in [-0.39, 0.29) is 23.7 Å². The van der Waals surface area contributed by atoms with Gasteiger partial charge in [0.05, 0.1) is 0 Å². The van der Waals surface area contributed by atoms with E-state index in [4.69, 9.17) is 14.2 Å². The van der Waals surface area contributed by atoms with Crippen LogP contribution in [0.1, 0.15) is 29.5 Å². The quantitative estimate of drug-likeness (QED) is 0.153. The zero-order valence-corrected chi connectivity index (χ0v) is 23.5. The van der Waals surface area contributed by atoms with Crippen molar-refractivity contribution in [1.82, 2.24) is 14.5 Å². The number of halogens is 3. The molecule has 0 aliphatic carbocycles. The van der Waals surface area contributed by atoms with Crippen molar-refractivity contribution >= 4 is 5.82 Å². The van der Waals surface area contributed by atoms with Crippen LogP contribution < -0.4 is 18.9 Å². The monoisotopic (exact) mass is 610 g/mol. The van der Waals surface area contributed by atoms with Crippen molar-refractivity contribution in [3.63, 3.8) is 0 Å². The number of hydrogen-bond acceptors (Lipinski definition) is 8. The Morgan fingerprint density at radius 3 is 2.39 bits per heavy atom. The van der Waals surface area contributed by atoms with Crippen LogP contribution in [-0.4, -0.2) is 45.0 Å². The highest BCUT2D eigenvalue weighted by molar-refractivity contribution is 5.38. The van der Waals surface area contributed by atoms with Crippen molar-refractivity contribution in [2.75, 3.05) is 13.2 Å². The highest BCUT2D eigenvalue weighted by Crippen LogP contribution is 2.29. The number of aryl methyl sites for hydroxylation is 2. The summed E-state index contributed by atoms with van der Waals surface area (Å²) in [5.74, 6) is 1.22. The summed E-state index contributed by atoms with van der Waals surface area (Å²) in [6.07, 6.45) is -0.990. The Morgan fingerprint density at radius 1 is 0.955 bits per heavy atom. The molecule has 0 unspecified atom stereocenters. The lowest BCUT2D eigenvalue weighted by atomic mass is 10.0. The van der Waals surface area contributed by atoms with Gasteiger partial charge < -0.3 is 29.1 Å². The number of ether oxygens (including phenoxy) is 4. The highest BCUT2D eigenvalue weighted by Gasteiger charge is 2.31. The number of aromatic nitrogens is 2. The minimum absolute atomic E-state index is 0.224. The molecule has 2 aliphatic rings. The minimum Gasteiger partial charge on any atom is -0.490 e. The number of nitrogens with zero attached hydrogens (tertiary/aromatic N) is 4. The predicted molar refractivity (Wildman–Crippen MR) is 152 cm³/mol. The summed E-state index contributed by atoms with van der Waals surface area (Å²) in [5.41, 5.74) is 3.61. The first-order chi connectivity index (χ1) is 21.2. The topological polar surface area (TPSA) is 101 Å². The molecule has 0 radical (unpaired) electrons. The van der Waals surface area contributed by atoms with Gasteiger partial charge in [-0.05, 0) is 89.5 Å². The molecule has 0 N–H and O–H groups in total. The van der Waals surface area contributed by atoms with Gasteiger partial charge in [-0.3, -0.25) is 9.47 Å². The average Bonchev–Trinajstić information content (AvgIpc) is 3.32. The van der Waals surface area contributed by atoms with Crippen LogP contribution in [0.2, 0.25) is 0 Å². The van der Waals surface area contributed by atoms with E-state index < -0.39 is 11.3 Å².